The normalized spacial score (nSPS) is 22.5. The van der Waals surface area contributed by atoms with Crippen molar-refractivity contribution < 1.29 is 4.79 Å². The minimum absolute atomic E-state index is 0.0293. The van der Waals surface area contributed by atoms with E-state index in [0.29, 0.717) is 0 Å². The Bertz CT molecular complexity index is 435. The van der Waals surface area contributed by atoms with E-state index in [4.69, 9.17) is 0 Å². The van der Waals surface area contributed by atoms with Crippen LogP contribution in [0.3, 0.4) is 0 Å². The lowest BCUT2D eigenvalue weighted by atomic mass is 10.2. The van der Waals surface area contributed by atoms with E-state index in [1.807, 2.05) is 4.90 Å². The summed E-state index contributed by atoms with van der Waals surface area (Å²) in [5.74, 6) is 0.253. The fourth-order valence-corrected chi connectivity index (χ4v) is 3.68. The zero-order chi connectivity index (χ0) is 15.2. The first-order chi connectivity index (χ1) is 10.2. The van der Waals surface area contributed by atoms with Gasteiger partial charge in [0.1, 0.15) is 6.17 Å². The summed E-state index contributed by atoms with van der Waals surface area (Å²) in [7, 11) is 0. The molecule has 4 nitrogen and oxygen atoms in total. The monoisotopic (exact) mass is 309 g/mol. The maximum absolute atomic E-state index is 12.6. The highest BCUT2D eigenvalue weighted by Gasteiger charge is 2.38. The van der Waals surface area contributed by atoms with E-state index in [-0.39, 0.29) is 18.1 Å². The molecule has 1 aliphatic heterocycles. The van der Waals surface area contributed by atoms with Gasteiger partial charge in [0, 0.05) is 18.0 Å². The molecule has 5 heteroatoms. The molecule has 1 N–H and O–H groups in total. The van der Waals surface area contributed by atoms with Gasteiger partial charge in [0.15, 0.2) is 0 Å². The molecule has 0 bridgehead atoms. The number of nitrogens with one attached hydrogen (secondary N) is 1. The summed E-state index contributed by atoms with van der Waals surface area (Å²) in [4.78, 5) is 18.2. The number of likely N-dealkylation sites (N-methyl/N-ethyl adjacent to an activating group) is 1. The van der Waals surface area contributed by atoms with Gasteiger partial charge in [-0.2, -0.15) is 0 Å². The van der Waals surface area contributed by atoms with Crippen LogP contribution in [-0.4, -0.2) is 47.9 Å². The zero-order valence-electron chi connectivity index (χ0n) is 13.3. The maximum Gasteiger partial charge on any atom is 0.241 e. The molecule has 0 aliphatic carbocycles. The number of nitrogens with zero attached hydrogens (tertiary/aromatic N) is 2. The Labute approximate surface area is 132 Å². The number of carbonyl (C=O) groups is 1. The van der Waals surface area contributed by atoms with Gasteiger partial charge in [-0.15, -0.1) is 11.3 Å². The van der Waals surface area contributed by atoms with Crippen molar-refractivity contribution in [3.63, 3.8) is 0 Å². The standard InChI is InChI=1S/C16H27N3OS/c1-4-9-18(6-3)10-11-19-15(14-8-7-12-21-14)17-13(5-2)16(19)20/h7-8,12-13,15,17H,4-6,9-11H2,1-3H3. The van der Waals surface area contributed by atoms with E-state index in [1.54, 1.807) is 11.3 Å². The van der Waals surface area contributed by atoms with Crippen molar-refractivity contribution >= 4 is 17.2 Å². The highest BCUT2D eigenvalue weighted by molar-refractivity contribution is 7.10. The molecule has 0 spiro atoms. The van der Waals surface area contributed by atoms with Gasteiger partial charge >= 0.3 is 0 Å². The summed E-state index contributed by atoms with van der Waals surface area (Å²) >= 11 is 1.72. The van der Waals surface area contributed by atoms with Crippen LogP contribution in [0, 0.1) is 0 Å². The lowest BCUT2D eigenvalue weighted by Crippen LogP contribution is -2.38. The van der Waals surface area contributed by atoms with Crippen molar-refractivity contribution in [3.05, 3.63) is 22.4 Å². The molecule has 1 amide bonds. The molecule has 0 radical (unpaired) electrons. The Morgan fingerprint density at radius 2 is 2.14 bits per heavy atom. The number of hydrogen-bond acceptors (Lipinski definition) is 4. The predicted octanol–water partition coefficient (Wildman–Crippen LogP) is 2.69. The number of amides is 1. The number of hydrogen-bond donors (Lipinski definition) is 1. The minimum Gasteiger partial charge on any atom is -0.319 e. The number of thiophene rings is 1. The van der Waals surface area contributed by atoms with Crippen molar-refractivity contribution in [3.8, 4) is 0 Å². The van der Waals surface area contributed by atoms with Crippen LogP contribution in [-0.2, 0) is 4.79 Å². The number of carbonyl (C=O) groups excluding carboxylic acids is 1. The average molecular weight is 309 g/mol. The average Bonchev–Trinajstić information content (AvgIpc) is 3.11. The lowest BCUT2D eigenvalue weighted by molar-refractivity contribution is -0.130. The molecular weight excluding hydrogens is 282 g/mol. The topological polar surface area (TPSA) is 35.6 Å². The predicted molar refractivity (Wildman–Crippen MR) is 88.4 cm³/mol. The third-order valence-corrected chi connectivity index (χ3v) is 5.04. The van der Waals surface area contributed by atoms with Crippen LogP contribution < -0.4 is 5.32 Å². The Morgan fingerprint density at radius 3 is 2.71 bits per heavy atom. The summed E-state index contributed by atoms with van der Waals surface area (Å²) in [5, 5.41) is 5.56. The van der Waals surface area contributed by atoms with Gasteiger partial charge in [0.25, 0.3) is 0 Å². The largest absolute Gasteiger partial charge is 0.319 e. The Morgan fingerprint density at radius 1 is 1.33 bits per heavy atom. The lowest BCUT2D eigenvalue weighted by Gasteiger charge is -2.27. The molecule has 1 fully saturated rings. The fourth-order valence-electron chi connectivity index (χ4n) is 2.89. The van der Waals surface area contributed by atoms with Crippen molar-refractivity contribution in [1.29, 1.82) is 0 Å². The van der Waals surface area contributed by atoms with E-state index >= 15 is 0 Å². The second-order valence-electron chi connectivity index (χ2n) is 5.51. The Kier molecular flexibility index (Phi) is 6.21. The molecule has 118 valence electrons. The van der Waals surface area contributed by atoms with Gasteiger partial charge in [0.05, 0.1) is 6.04 Å². The van der Waals surface area contributed by atoms with Crippen molar-refractivity contribution in [2.75, 3.05) is 26.2 Å². The Balaban J connectivity index is 2.04. The van der Waals surface area contributed by atoms with Gasteiger partial charge < -0.3 is 9.80 Å². The van der Waals surface area contributed by atoms with Gasteiger partial charge in [-0.05, 0) is 37.4 Å². The molecule has 0 aromatic carbocycles. The molecule has 1 saturated heterocycles. The van der Waals surface area contributed by atoms with Gasteiger partial charge in [-0.25, -0.2) is 0 Å². The molecule has 1 aromatic rings. The molecule has 2 unspecified atom stereocenters. The molecule has 1 aliphatic rings. The van der Waals surface area contributed by atoms with E-state index in [9.17, 15) is 4.79 Å². The van der Waals surface area contributed by atoms with Crippen LogP contribution in [0.15, 0.2) is 17.5 Å². The first kappa shape index (κ1) is 16.5. The Hall–Kier alpha value is -0.910. The van der Waals surface area contributed by atoms with Gasteiger partial charge in [-0.1, -0.05) is 26.8 Å². The van der Waals surface area contributed by atoms with Crippen LogP contribution >= 0.6 is 11.3 Å². The first-order valence-electron chi connectivity index (χ1n) is 8.03. The fraction of sp³-hybridized carbons (Fsp3) is 0.688. The molecule has 21 heavy (non-hydrogen) atoms. The molecular formula is C16H27N3OS. The third kappa shape index (κ3) is 3.84. The second-order valence-corrected chi connectivity index (χ2v) is 6.49. The first-order valence-corrected chi connectivity index (χ1v) is 8.91. The minimum atomic E-state index is -0.0293. The second kappa shape index (κ2) is 7.92. The summed E-state index contributed by atoms with van der Waals surface area (Å²) in [6.45, 7) is 10.4. The smallest absolute Gasteiger partial charge is 0.241 e. The van der Waals surface area contributed by atoms with Crippen LogP contribution in [0.5, 0.6) is 0 Å². The van der Waals surface area contributed by atoms with Crippen molar-refractivity contribution in [1.82, 2.24) is 15.1 Å². The van der Waals surface area contributed by atoms with Crippen molar-refractivity contribution in [2.24, 2.45) is 0 Å². The van der Waals surface area contributed by atoms with E-state index in [1.165, 1.54) is 4.88 Å². The van der Waals surface area contributed by atoms with Crippen LogP contribution in [0.2, 0.25) is 0 Å². The summed E-state index contributed by atoms with van der Waals surface area (Å²) in [6, 6.07) is 4.14. The maximum atomic E-state index is 12.6. The molecule has 2 heterocycles. The highest BCUT2D eigenvalue weighted by atomic mass is 32.1. The SMILES string of the molecule is CCCN(CC)CCN1C(=O)C(CC)NC1c1cccs1. The van der Waals surface area contributed by atoms with Crippen LogP contribution in [0.25, 0.3) is 0 Å². The quantitative estimate of drug-likeness (QED) is 0.802. The van der Waals surface area contributed by atoms with E-state index in [0.717, 1.165) is 39.0 Å². The molecule has 2 rings (SSSR count). The van der Waals surface area contributed by atoms with Crippen LogP contribution in [0.4, 0.5) is 0 Å². The molecule has 1 aromatic heterocycles. The number of rotatable bonds is 8. The summed E-state index contributed by atoms with van der Waals surface area (Å²) in [6.07, 6.45) is 2.07. The van der Waals surface area contributed by atoms with E-state index in [2.05, 4.69) is 48.5 Å². The third-order valence-electron chi connectivity index (χ3n) is 4.12. The highest BCUT2D eigenvalue weighted by Crippen LogP contribution is 2.29. The summed E-state index contributed by atoms with van der Waals surface area (Å²) in [5.41, 5.74) is 0. The van der Waals surface area contributed by atoms with Crippen molar-refractivity contribution in [2.45, 2.75) is 45.8 Å². The van der Waals surface area contributed by atoms with E-state index < -0.39 is 0 Å². The van der Waals surface area contributed by atoms with Gasteiger partial charge in [0.2, 0.25) is 5.91 Å². The molecule has 0 saturated carbocycles. The molecule has 2 atom stereocenters. The van der Waals surface area contributed by atoms with Gasteiger partial charge in [-0.3, -0.25) is 10.1 Å². The zero-order valence-corrected chi connectivity index (χ0v) is 14.2. The van der Waals surface area contributed by atoms with Crippen LogP contribution in [0.1, 0.15) is 44.7 Å². The summed E-state index contributed by atoms with van der Waals surface area (Å²) < 4.78 is 0.